The first kappa shape index (κ1) is 12.5. The van der Waals surface area contributed by atoms with E-state index in [-0.39, 0.29) is 0 Å². The average molecular weight is 258 g/mol. The van der Waals surface area contributed by atoms with E-state index in [9.17, 15) is 0 Å². The van der Waals surface area contributed by atoms with E-state index in [1.165, 1.54) is 11.5 Å². The molecule has 0 radical (unpaired) electrons. The average Bonchev–Trinajstić information content (AvgIpc) is 2.87. The molecule has 0 bridgehead atoms. The van der Waals surface area contributed by atoms with Gasteiger partial charge in [0.05, 0.1) is 11.6 Å². The van der Waals surface area contributed by atoms with Crippen molar-refractivity contribution < 1.29 is 0 Å². The van der Waals surface area contributed by atoms with E-state index in [1.807, 2.05) is 30.1 Å². The Bertz CT molecular complexity index is 570. The molecule has 0 aliphatic carbocycles. The third-order valence-corrected chi connectivity index (χ3v) is 3.41. The topological polar surface area (TPSA) is 52.8 Å². The molecule has 0 fully saturated rings. The number of benzene rings is 1. The van der Waals surface area contributed by atoms with E-state index in [2.05, 4.69) is 22.4 Å². The predicted molar refractivity (Wildman–Crippen MR) is 73.1 cm³/mol. The van der Waals surface area contributed by atoms with Crippen molar-refractivity contribution >= 4 is 22.4 Å². The summed E-state index contributed by atoms with van der Waals surface area (Å²) in [7, 11) is 1.94. The number of hydrogen-bond acceptors (Lipinski definition) is 5. The number of nitriles is 1. The summed E-state index contributed by atoms with van der Waals surface area (Å²) in [6, 6.07) is 9.61. The van der Waals surface area contributed by atoms with Crippen molar-refractivity contribution in [1.29, 1.82) is 5.26 Å². The molecule has 1 aromatic carbocycles. The second-order valence-corrected chi connectivity index (χ2v) is 4.69. The van der Waals surface area contributed by atoms with Crippen LogP contribution in [0.15, 0.2) is 24.3 Å². The van der Waals surface area contributed by atoms with Crippen molar-refractivity contribution in [1.82, 2.24) is 9.36 Å². The van der Waals surface area contributed by atoms with Crippen molar-refractivity contribution in [2.45, 2.75) is 19.8 Å². The number of aromatic nitrogens is 2. The maximum absolute atomic E-state index is 8.89. The molecule has 0 saturated carbocycles. The van der Waals surface area contributed by atoms with Crippen molar-refractivity contribution in [2.75, 3.05) is 11.9 Å². The molecule has 0 aliphatic rings. The van der Waals surface area contributed by atoms with Crippen molar-refractivity contribution in [2.24, 2.45) is 0 Å². The number of rotatable bonds is 4. The smallest absolute Gasteiger partial charge is 0.209 e. The molecule has 0 saturated heterocycles. The fraction of sp³-hybridized carbons (Fsp3) is 0.308. The minimum atomic E-state index is 0.651. The van der Waals surface area contributed by atoms with Crippen LogP contribution in [0.3, 0.4) is 0 Å². The monoisotopic (exact) mass is 258 g/mol. The van der Waals surface area contributed by atoms with Crippen LogP contribution in [0.2, 0.25) is 0 Å². The molecule has 1 heterocycles. The van der Waals surface area contributed by atoms with Gasteiger partial charge in [-0.2, -0.15) is 9.64 Å². The summed E-state index contributed by atoms with van der Waals surface area (Å²) < 4.78 is 4.32. The molecule has 0 atom stereocenters. The van der Waals surface area contributed by atoms with Gasteiger partial charge in [-0.3, -0.25) is 0 Å². The second kappa shape index (κ2) is 5.61. The highest BCUT2D eigenvalue weighted by atomic mass is 32.1. The first-order chi connectivity index (χ1) is 8.74. The zero-order valence-electron chi connectivity index (χ0n) is 10.4. The molecule has 0 amide bonds. The summed E-state index contributed by atoms with van der Waals surface area (Å²) in [5.41, 5.74) is 1.60. The normalized spacial score (nSPS) is 10.1. The lowest BCUT2D eigenvalue weighted by molar-refractivity contribution is 0.859. The number of hydrogen-bond donors (Lipinski definition) is 0. The molecule has 0 N–H and O–H groups in total. The Balaban J connectivity index is 2.23. The van der Waals surface area contributed by atoms with Crippen LogP contribution in [0, 0.1) is 11.3 Å². The molecule has 92 valence electrons. The highest BCUT2D eigenvalue weighted by Gasteiger charge is 2.10. The quantitative estimate of drug-likeness (QED) is 0.845. The van der Waals surface area contributed by atoms with Crippen LogP contribution >= 0.6 is 11.5 Å². The maximum atomic E-state index is 8.89. The third kappa shape index (κ3) is 2.66. The van der Waals surface area contributed by atoms with Crippen molar-refractivity contribution in [3.05, 3.63) is 35.7 Å². The van der Waals surface area contributed by atoms with Gasteiger partial charge >= 0.3 is 0 Å². The Morgan fingerprint density at radius 3 is 3.00 bits per heavy atom. The van der Waals surface area contributed by atoms with Crippen LogP contribution in [-0.2, 0) is 6.42 Å². The van der Waals surface area contributed by atoms with Crippen LogP contribution in [0.25, 0.3) is 0 Å². The van der Waals surface area contributed by atoms with Gasteiger partial charge in [-0.25, -0.2) is 4.98 Å². The number of nitrogens with zero attached hydrogens (tertiary/aromatic N) is 4. The zero-order chi connectivity index (χ0) is 13.0. The van der Waals surface area contributed by atoms with Crippen LogP contribution < -0.4 is 4.90 Å². The largest absolute Gasteiger partial charge is 0.320 e. The molecule has 0 aliphatic heterocycles. The van der Waals surface area contributed by atoms with Gasteiger partial charge in [0.2, 0.25) is 5.13 Å². The van der Waals surface area contributed by atoms with Gasteiger partial charge in [0, 0.05) is 30.7 Å². The summed E-state index contributed by atoms with van der Waals surface area (Å²) in [6.45, 7) is 2.11. The molecule has 4 nitrogen and oxygen atoms in total. The van der Waals surface area contributed by atoms with Crippen LogP contribution in [0.5, 0.6) is 0 Å². The summed E-state index contributed by atoms with van der Waals surface area (Å²) in [5, 5.41) is 9.75. The Morgan fingerprint density at radius 2 is 2.28 bits per heavy atom. The predicted octanol–water partition coefficient (Wildman–Crippen LogP) is 3.13. The van der Waals surface area contributed by atoms with E-state index in [0.717, 1.165) is 29.5 Å². The van der Waals surface area contributed by atoms with Gasteiger partial charge in [0.1, 0.15) is 5.82 Å². The third-order valence-electron chi connectivity index (χ3n) is 2.58. The fourth-order valence-corrected chi connectivity index (χ4v) is 2.29. The minimum Gasteiger partial charge on any atom is -0.320 e. The lowest BCUT2D eigenvalue weighted by Gasteiger charge is -2.15. The van der Waals surface area contributed by atoms with Gasteiger partial charge < -0.3 is 4.90 Å². The van der Waals surface area contributed by atoms with Crippen LogP contribution in [0.1, 0.15) is 24.7 Å². The van der Waals surface area contributed by atoms with E-state index in [1.54, 1.807) is 6.07 Å². The molecule has 5 heteroatoms. The summed E-state index contributed by atoms with van der Waals surface area (Å²) in [5.74, 6) is 0.890. The molecular formula is C13H14N4S. The first-order valence-corrected chi connectivity index (χ1v) is 6.58. The van der Waals surface area contributed by atoms with Gasteiger partial charge in [-0.05, 0) is 24.6 Å². The van der Waals surface area contributed by atoms with E-state index in [0.29, 0.717) is 5.56 Å². The van der Waals surface area contributed by atoms with Gasteiger partial charge in [-0.15, -0.1) is 0 Å². The molecule has 0 spiro atoms. The fourth-order valence-electron chi connectivity index (χ4n) is 1.60. The lowest BCUT2D eigenvalue weighted by Crippen LogP contribution is -2.09. The zero-order valence-corrected chi connectivity index (χ0v) is 11.2. The van der Waals surface area contributed by atoms with E-state index in [4.69, 9.17) is 5.26 Å². The standard InChI is InChI=1S/C13H14N4S/c1-3-5-12-15-13(18-16-12)17(2)11-7-4-6-10(8-11)9-14/h4,6-8H,3,5H2,1-2H3. The van der Waals surface area contributed by atoms with Crippen molar-refractivity contribution in [3.63, 3.8) is 0 Å². The highest BCUT2D eigenvalue weighted by molar-refractivity contribution is 7.09. The maximum Gasteiger partial charge on any atom is 0.209 e. The molecule has 1 aromatic heterocycles. The number of aryl methyl sites for hydroxylation is 1. The van der Waals surface area contributed by atoms with Gasteiger partial charge in [0.25, 0.3) is 0 Å². The molecule has 0 unspecified atom stereocenters. The molecule has 2 aromatic rings. The Labute approximate surface area is 111 Å². The van der Waals surface area contributed by atoms with E-state index >= 15 is 0 Å². The summed E-state index contributed by atoms with van der Waals surface area (Å²) in [6.07, 6.45) is 1.95. The lowest BCUT2D eigenvalue weighted by atomic mass is 10.2. The van der Waals surface area contributed by atoms with E-state index < -0.39 is 0 Å². The SMILES string of the molecule is CCCc1nsc(N(C)c2cccc(C#N)c2)n1. The molecule has 18 heavy (non-hydrogen) atoms. The van der Waals surface area contributed by atoms with Crippen LogP contribution in [0.4, 0.5) is 10.8 Å². The van der Waals surface area contributed by atoms with Gasteiger partial charge in [0.15, 0.2) is 0 Å². The Morgan fingerprint density at radius 1 is 1.44 bits per heavy atom. The van der Waals surface area contributed by atoms with Crippen LogP contribution in [-0.4, -0.2) is 16.4 Å². The summed E-state index contributed by atoms with van der Waals surface area (Å²) >= 11 is 1.39. The Kier molecular flexibility index (Phi) is 3.90. The molecular weight excluding hydrogens is 244 g/mol. The minimum absolute atomic E-state index is 0.651. The second-order valence-electron chi connectivity index (χ2n) is 3.96. The highest BCUT2D eigenvalue weighted by Crippen LogP contribution is 2.25. The van der Waals surface area contributed by atoms with Crippen molar-refractivity contribution in [3.8, 4) is 6.07 Å². The number of anilines is 2. The summed E-state index contributed by atoms with van der Waals surface area (Å²) in [4.78, 5) is 6.44. The van der Waals surface area contributed by atoms with Gasteiger partial charge in [-0.1, -0.05) is 13.0 Å². The molecule has 2 rings (SSSR count). The Hall–Kier alpha value is -1.93. The first-order valence-electron chi connectivity index (χ1n) is 5.81.